The summed E-state index contributed by atoms with van der Waals surface area (Å²) in [5.74, 6) is 0.608. The van der Waals surface area contributed by atoms with E-state index in [1.54, 1.807) is 0 Å². The number of likely N-dealkylation sites (tertiary alicyclic amines) is 1. The lowest BCUT2D eigenvalue weighted by molar-refractivity contribution is -0.137. The van der Waals surface area contributed by atoms with Gasteiger partial charge in [0.15, 0.2) is 0 Å². The second kappa shape index (κ2) is 5.18. The van der Waals surface area contributed by atoms with Crippen molar-refractivity contribution in [3.63, 3.8) is 0 Å². The van der Waals surface area contributed by atoms with Crippen LogP contribution in [0.3, 0.4) is 0 Å². The average Bonchev–Trinajstić information content (AvgIpc) is 2.97. The molecule has 1 aromatic rings. The van der Waals surface area contributed by atoms with Crippen molar-refractivity contribution in [2.75, 3.05) is 13.7 Å². The summed E-state index contributed by atoms with van der Waals surface area (Å²) in [6.45, 7) is 1.21. The van der Waals surface area contributed by atoms with Crippen molar-refractivity contribution >= 4 is 27.7 Å². The number of carbonyl (C=O) groups is 2. The Hall–Kier alpha value is -1.40. The van der Waals surface area contributed by atoms with Crippen LogP contribution < -0.4 is 10.1 Å². The number of rotatable bonds is 3. The molecule has 6 heteroatoms. The number of hydrogen-bond acceptors (Lipinski definition) is 4. The van der Waals surface area contributed by atoms with Crippen molar-refractivity contribution in [3.05, 3.63) is 27.7 Å². The Morgan fingerprint density at radius 3 is 2.95 bits per heavy atom. The van der Waals surface area contributed by atoms with Crippen LogP contribution in [-0.2, 0) is 22.6 Å². The summed E-state index contributed by atoms with van der Waals surface area (Å²) in [6, 6.07) is 3.62. The lowest BCUT2D eigenvalue weighted by Crippen LogP contribution is -2.36. The summed E-state index contributed by atoms with van der Waals surface area (Å²) in [7, 11) is 1.52. The summed E-state index contributed by atoms with van der Waals surface area (Å²) < 4.78 is 6.65. The summed E-state index contributed by atoms with van der Waals surface area (Å²) in [5, 5.41) is 3.15. The van der Waals surface area contributed by atoms with E-state index < -0.39 is 6.04 Å². The molecule has 2 aliphatic heterocycles. The van der Waals surface area contributed by atoms with Crippen molar-refractivity contribution in [2.45, 2.75) is 25.4 Å². The van der Waals surface area contributed by atoms with Crippen molar-refractivity contribution in [2.24, 2.45) is 0 Å². The van der Waals surface area contributed by atoms with Gasteiger partial charge in [-0.25, -0.2) is 0 Å². The third-order valence-corrected chi connectivity index (χ3v) is 4.20. The van der Waals surface area contributed by atoms with Gasteiger partial charge >= 0.3 is 0 Å². The fraction of sp³-hybridized carbons (Fsp3) is 0.429. The molecule has 2 heterocycles. The maximum atomic E-state index is 11.8. The van der Waals surface area contributed by atoms with E-state index in [-0.39, 0.29) is 18.2 Å². The highest BCUT2D eigenvalue weighted by Crippen LogP contribution is 2.33. The number of benzene rings is 1. The largest absolute Gasteiger partial charge is 0.493 e. The summed E-state index contributed by atoms with van der Waals surface area (Å²) in [4.78, 5) is 24.5. The lowest BCUT2D eigenvalue weighted by atomic mass is 10.1. The third kappa shape index (κ3) is 2.33. The maximum Gasteiger partial charge on any atom is 0.246 e. The molecule has 3 rings (SSSR count). The second-order valence-electron chi connectivity index (χ2n) is 5.08. The number of halogens is 1. The number of ether oxygens (including phenoxy) is 1. The Kier molecular flexibility index (Phi) is 3.52. The van der Waals surface area contributed by atoms with E-state index >= 15 is 0 Å². The van der Waals surface area contributed by atoms with Gasteiger partial charge in [0.1, 0.15) is 5.75 Å². The van der Waals surface area contributed by atoms with Crippen LogP contribution >= 0.6 is 15.9 Å². The highest BCUT2D eigenvalue weighted by atomic mass is 79.9. The number of nitrogens with zero attached hydrogens (tertiary/aromatic N) is 1. The van der Waals surface area contributed by atoms with Gasteiger partial charge in [0.05, 0.1) is 19.1 Å². The smallest absolute Gasteiger partial charge is 0.246 e. The van der Waals surface area contributed by atoms with Gasteiger partial charge in [-0.2, -0.15) is 0 Å². The van der Waals surface area contributed by atoms with Crippen molar-refractivity contribution in [1.29, 1.82) is 0 Å². The van der Waals surface area contributed by atoms with E-state index in [0.717, 1.165) is 22.2 Å². The van der Waals surface area contributed by atoms with Gasteiger partial charge in [-0.15, -0.1) is 0 Å². The zero-order valence-corrected chi connectivity index (χ0v) is 12.7. The SMILES string of the molecule is CN1C(=O)CC(NCc2cc(Br)cc3c2OCC3)C1=O. The zero-order valence-electron chi connectivity index (χ0n) is 11.1. The second-order valence-corrected chi connectivity index (χ2v) is 6.00. The van der Waals surface area contributed by atoms with Gasteiger partial charge in [-0.3, -0.25) is 14.5 Å². The molecular weight excluding hydrogens is 324 g/mol. The molecule has 0 aliphatic carbocycles. The molecule has 1 fully saturated rings. The molecule has 0 bridgehead atoms. The van der Waals surface area contributed by atoms with Crippen LogP contribution in [0.15, 0.2) is 16.6 Å². The standard InChI is InChI=1S/C14H15BrN2O3/c1-17-12(18)6-11(14(17)19)16-7-9-5-10(15)4-8-2-3-20-13(8)9/h4-5,11,16H,2-3,6-7H2,1H3. The summed E-state index contributed by atoms with van der Waals surface area (Å²) in [5.41, 5.74) is 2.20. The number of imide groups is 1. The van der Waals surface area contributed by atoms with Crippen molar-refractivity contribution < 1.29 is 14.3 Å². The van der Waals surface area contributed by atoms with Crippen molar-refractivity contribution in [3.8, 4) is 5.75 Å². The molecule has 2 aliphatic rings. The molecule has 20 heavy (non-hydrogen) atoms. The van der Waals surface area contributed by atoms with Crippen LogP contribution in [0, 0.1) is 0 Å². The van der Waals surface area contributed by atoms with Crippen LogP contribution in [0.25, 0.3) is 0 Å². The van der Waals surface area contributed by atoms with Gasteiger partial charge in [0.2, 0.25) is 11.8 Å². The monoisotopic (exact) mass is 338 g/mol. The number of likely N-dealkylation sites (N-methyl/N-ethyl adjacent to an activating group) is 1. The van der Waals surface area contributed by atoms with E-state index in [0.29, 0.717) is 13.2 Å². The molecule has 1 N–H and O–H groups in total. The number of carbonyl (C=O) groups excluding carboxylic acids is 2. The number of nitrogens with one attached hydrogen (secondary N) is 1. The van der Waals surface area contributed by atoms with Gasteiger partial charge in [0, 0.05) is 30.0 Å². The highest BCUT2D eigenvalue weighted by molar-refractivity contribution is 9.10. The van der Waals surface area contributed by atoms with Crippen molar-refractivity contribution in [1.82, 2.24) is 10.2 Å². The first-order valence-electron chi connectivity index (χ1n) is 6.54. The molecule has 0 spiro atoms. The van der Waals surface area contributed by atoms with Gasteiger partial charge < -0.3 is 10.1 Å². The molecule has 0 saturated carbocycles. The van der Waals surface area contributed by atoms with Crippen LogP contribution in [0.1, 0.15) is 17.5 Å². The van der Waals surface area contributed by atoms with Gasteiger partial charge in [-0.1, -0.05) is 15.9 Å². The highest BCUT2D eigenvalue weighted by Gasteiger charge is 2.35. The molecule has 0 aromatic heterocycles. The molecule has 2 amide bonds. The number of fused-ring (bicyclic) bond motifs is 1. The molecule has 106 valence electrons. The van der Waals surface area contributed by atoms with Crippen LogP contribution in [-0.4, -0.2) is 36.4 Å². The topological polar surface area (TPSA) is 58.6 Å². The summed E-state index contributed by atoms with van der Waals surface area (Å²) in [6.07, 6.45) is 1.14. The normalized spacial score (nSPS) is 21.3. The number of amides is 2. The Labute approximate surface area is 125 Å². The Morgan fingerprint density at radius 2 is 2.25 bits per heavy atom. The van der Waals surface area contributed by atoms with E-state index in [4.69, 9.17) is 4.74 Å². The molecule has 5 nitrogen and oxygen atoms in total. The molecular formula is C14H15BrN2O3. The maximum absolute atomic E-state index is 11.8. The number of hydrogen-bond donors (Lipinski definition) is 1. The zero-order chi connectivity index (χ0) is 14.3. The first-order valence-corrected chi connectivity index (χ1v) is 7.33. The van der Waals surface area contributed by atoms with Gasteiger partial charge in [-0.05, 0) is 17.7 Å². The lowest BCUT2D eigenvalue weighted by Gasteiger charge is -2.13. The van der Waals surface area contributed by atoms with E-state index in [1.807, 2.05) is 6.07 Å². The minimum absolute atomic E-state index is 0.136. The van der Waals surface area contributed by atoms with Crippen LogP contribution in [0.2, 0.25) is 0 Å². The molecule has 1 unspecified atom stereocenters. The minimum Gasteiger partial charge on any atom is -0.493 e. The first-order chi connectivity index (χ1) is 9.56. The fourth-order valence-corrected chi connectivity index (χ4v) is 3.18. The van der Waals surface area contributed by atoms with Gasteiger partial charge in [0.25, 0.3) is 0 Å². The predicted molar refractivity (Wildman–Crippen MR) is 76.4 cm³/mol. The van der Waals surface area contributed by atoms with Crippen LogP contribution in [0.5, 0.6) is 5.75 Å². The first kappa shape index (κ1) is 13.6. The van der Waals surface area contributed by atoms with E-state index in [9.17, 15) is 9.59 Å². The third-order valence-electron chi connectivity index (χ3n) is 3.75. The van der Waals surface area contributed by atoms with E-state index in [2.05, 4.69) is 27.3 Å². The minimum atomic E-state index is -0.427. The quantitative estimate of drug-likeness (QED) is 0.842. The predicted octanol–water partition coefficient (Wildman–Crippen LogP) is 1.23. The molecule has 1 atom stereocenters. The Morgan fingerprint density at radius 1 is 1.45 bits per heavy atom. The Bertz CT molecular complexity index is 588. The summed E-state index contributed by atoms with van der Waals surface area (Å²) >= 11 is 3.49. The molecule has 1 saturated heterocycles. The molecule has 1 aromatic carbocycles. The molecule has 0 radical (unpaired) electrons. The average molecular weight is 339 g/mol. The Balaban J connectivity index is 1.74. The van der Waals surface area contributed by atoms with E-state index in [1.165, 1.54) is 17.5 Å². The fourth-order valence-electron chi connectivity index (χ4n) is 2.63. The van der Waals surface area contributed by atoms with Crippen LogP contribution in [0.4, 0.5) is 0 Å².